The minimum Gasteiger partial charge on any atom is -0.395 e. The number of piperazine rings is 1. The molecule has 2 aromatic heterocycles. The zero-order valence-electron chi connectivity index (χ0n) is 20.7. The average molecular weight is 523 g/mol. The highest BCUT2D eigenvalue weighted by Gasteiger charge is 2.20. The van der Waals surface area contributed by atoms with Crippen molar-refractivity contribution >= 4 is 34.0 Å². The summed E-state index contributed by atoms with van der Waals surface area (Å²) in [6.07, 6.45) is 0.770. The number of imidazole rings is 1. The molecule has 0 unspecified atom stereocenters. The van der Waals surface area contributed by atoms with E-state index in [2.05, 4.69) is 37.2 Å². The number of aliphatic hydroxyl groups excluding tert-OH is 2. The van der Waals surface area contributed by atoms with Gasteiger partial charge in [-0.15, -0.1) is 0 Å². The third-order valence-electron chi connectivity index (χ3n) is 6.83. The van der Waals surface area contributed by atoms with Crippen LogP contribution < -0.4 is 15.8 Å². The van der Waals surface area contributed by atoms with E-state index < -0.39 is 6.10 Å². The van der Waals surface area contributed by atoms with E-state index in [0.717, 1.165) is 48.5 Å². The van der Waals surface area contributed by atoms with Crippen molar-refractivity contribution in [2.75, 3.05) is 56.1 Å². The van der Waals surface area contributed by atoms with E-state index in [0.29, 0.717) is 34.2 Å². The first-order chi connectivity index (χ1) is 17.9. The molecule has 0 bridgehead atoms. The van der Waals surface area contributed by atoms with Crippen molar-refractivity contribution in [2.45, 2.75) is 13.0 Å². The Balaban J connectivity index is 1.40. The summed E-state index contributed by atoms with van der Waals surface area (Å²) in [4.78, 5) is 28.3. The van der Waals surface area contributed by atoms with Gasteiger partial charge in [0.2, 0.25) is 0 Å². The fourth-order valence-corrected chi connectivity index (χ4v) is 5.04. The van der Waals surface area contributed by atoms with Crippen LogP contribution in [0.1, 0.15) is 17.2 Å². The quantitative estimate of drug-likeness (QED) is 0.241. The van der Waals surface area contributed by atoms with Crippen molar-refractivity contribution in [1.82, 2.24) is 19.9 Å². The Labute approximate surface area is 219 Å². The van der Waals surface area contributed by atoms with Gasteiger partial charge in [-0.1, -0.05) is 23.7 Å². The van der Waals surface area contributed by atoms with Gasteiger partial charge in [-0.25, -0.2) is 4.98 Å². The fourth-order valence-electron chi connectivity index (χ4n) is 4.84. The van der Waals surface area contributed by atoms with Gasteiger partial charge >= 0.3 is 0 Å². The lowest BCUT2D eigenvalue weighted by Gasteiger charge is -2.35. The summed E-state index contributed by atoms with van der Waals surface area (Å²) in [7, 11) is 0. The molecular formula is C27H31ClN6O3. The third kappa shape index (κ3) is 5.50. The van der Waals surface area contributed by atoms with Crippen molar-refractivity contribution in [3.63, 3.8) is 0 Å². The molecule has 3 heterocycles. The second-order valence-corrected chi connectivity index (χ2v) is 9.78. The number of aromatic amines is 2. The van der Waals surface area contributed by atoms with E-state index in [1.54, 1.807) is 30.5 Å². The summed E-state index contributed by atoms with van der Waals surface area (Å²) in [6.45, 7) is 6.67. The minimum absolute atomic E-state index is 0.178. The molecule has 1 fully saturated rings. The smallest absolute Gasteiger partial charge is 0.261 e. The molecule has 1 saturated heterocycles. The maximum Gasteiger partial charge on any atom is 0.261 e. The van der Waals surface area contributed by atoms with E-state index in [4.69, 9.17) is 16.6 Å². The molecule has 0 amide bonds. The number of β-amino-alcohol motifs (C(OH)–C–C–N with tert-alkyl or cyclic N) is 1. The van der Waals surface area contributed by atoms with Crippen molar-refractivity contribution in [3.05, 3.63) is 75.2 Å². The SMILES string of the molecule is Cc1cc(N2CCN(CCO)CC2)cc2[nH]c(-c3c(NC[C@H](O)c4cccc(Cl)c4)cc[nH]c3=O)nc12. The lowest BCUT2D eigenvalue weighted by Crippen LogP contribution is -2.47. The lowest BCUT2D eigenvalue weighted by molar-refractivity contribution is 0.189. The topological polar surface area (TPSA) is 121 Å². The number of aliphatic hydroxyl groups is 2. The number of anilines is 2. The number of pyridine rings is 1. The monoisotopic (exact) mass is 522 g/mol. The number of fused-ring (bicyclic) bond motifs is 1. The van der Waals surface area contributed by atoms with Crippen molar-refractivity contribution in [3.8, 4) is 11.4 Å². The van der Waals surface area contributed by atoms with Crippen LogP contribution in [-0.4, -0.2) is 75.9 Å². The number of nitrogens with zero attached hydrogens (tertiary/aromatic N) is 3. The molecule has 10 heteroatoms. The molecule has 1 aliphatic heterocycles. The number of benzene rings is 2. The van der Waals surface area contributed by atoms with E-state index in [9.17, 15) is 15.0 Å². The van der Waals surface area contributed by atoms with Crippen LogP contribution >= 0.6 is 11.6 Å². The predicted octanol–water partition coefficient (Wildman–Crippen LogP) is 3.14. The maximum absolute atomic E-state index is 12.9. The third-order valence-corrected chi connectivity index (χ3v) is 7.07. The Morgan fingerprint density at radius 1 is 1.16 bits per heavy atom. The van der Waals surface area contributed by atoms with Crippen LogP contribution in [0.2, 0.25) is 5.02 Å². The summed E-state index contributed by atoms with van der Waals surface area (Å²) in [5.41, 5.74) is 5.16. The molecule has 0 aliphatic carbocycles. The van der Waals surface area contributed by atoms with Crippen LogP contribution in [0.5, 0.6) is 0 Å². The molecule has 2 aromatic carbocycles. The van der Waals surface area contributed by atoms with E-state index in [1.165, 1.54) is 0 Å². The molecule has 0 radical (unpaired) electrons. The normalized spacial score (nSPS) is 15.3. The molecular weight excluding hydrogens is 492 g/mol. The number of H-pyrrole nitrogens is 2. The van der Waals surface area contributed by atoms with Gasteiger partial charge in [-0.3, -0.25) is 9.69 Å². The molecule has 5 N–H and O–H groups in total. The molecule has 0 saturated carbocycles. The fraction of sp³-hybridized carbons (Fsp3) is 0.333. The predicted molar refractivity (Wildman–Crippen MR) is 148 cm³/mol. The van der Waals surface area contributed by atoms with Crippen LogP contribution in [0.4, 0.5) is 11.4 Å². The van der Waals surface area contributed by atoms with Crippen LogP contribution in [0.15, 0.2) is 53.5 Å². The molecule has 9 nitrogen and oxygen atoms in total. The average Bonchev–Trinajstić information content (AvgIpc) is 3.32. The first-order valence-electron chi connectivity index (χ1n) is 12.4. The number of nitrogens with one attached hydrogen (secondary N) is 3. The zero-order chi connectivity index (χ0) is 25.9. The van der Waals surface area contributed by atoms with Gasteiger partial charge < -0.3 is 30.4 Å². The summed E-state index contributed by atoms with van der Waals surface area (Å²) in [6, 6.07) is 13.0. The second-order valence-electron chi connectivity index (χ2n) is 9.34. The van der Waals surface area contributed by atoms with Gasteiger partial charge in [0.25, 0.3) is 5.56 Å². The van der Waals surface area contributed by atoms with Gasteiger partial charge in [0, 0.05) is 56.2 Å². The number of halogens is 1. The second kappa shape index (κ2) is 10.9. The van der Waals surface area contributed by atoms with Crippen LogP contribution in [0.3, 0.4) is 0 Å². The van der Waals surface area contributed by atoms with E-state index >= 15 is 0 Å². The standard InChI is InChI=1S/C27H31ClN6O3/c1-17-13-20(34-9-7-33(8-10-34)11-12-35)15-22-25(17)32-26(31-22)24-21(5-6-29-27(24)37)30-16-23(36)18-3-2-4-19(28)14-18/h2-6,13-15,23,35-36H,7-12,16H2,1H3,(H,31,32)(H2,29,30,37)/t23-/m0/s1. The maximum atomic E-state index is 12.9. The van der Waals surface area contributed by atoms with E-state index in [-0.39, 0.29) is 18.7 Å². The first-order valence-corrected chi connectivity index (χ1v) is 12.8. The summed E-state index contributed by atoms with van der Waals surface area (Å²) in [5.74, 6) is 0.463. The first kappa shape index (κ1) is 25.3. The van der Waals surface area contributed by atoms with Crippen LogP contribution in [0.25, 0.3) is 22.4 Å². The minimum atomic E-state index is -0.802. The Bertz CT molecular complexity index is 1440. The molecule has 0 spiro atoms. The number of rotatable bonds is 8. The summed E-state index contributed by atoms with van der Waals surface area (Å²) < 4.78 is 0. The summed E-state index contributed by atoms with van der Waals surface area (Å²) >= 11 is 6.06. The lowest BCUT2D eigenvalue weighted by atomic mass is 10.1. The number of aryl methyl sites for hydroxylation is 1. The van der Waals surface area contributed by atoms with Gasteiger partial charge in [-0.05, 0) is 48.4 Å². The Kier molecular flexibility index (Phi) is 7.48. The van der Waals surface area contributed by atoms with Crippen molar-refractivity contribution < 1.29 is 10.2 Å². The molecule has 37 heavy (non-hydrogen) atoms. The summed E-state index contributed by atoms with van der Waals surface area (Å²) in [5, 5.41) is 23.6. The number of aromatic nitrogens is 3. The molecule has 1 atom stereocenters. The number of hydrogen-bond donors (Lipinski definition) is 5. The largest absolute Gasteiger partial charge is 0.395 e. The number of hydrogen-bond acceptors (Lipinski definition) is 7. The Morgan fingerprint density at radius 3 is 2.73 bits per heavy atom. The molecule has 194 valence electrons. The van der Waals surface area contributed by atoms with Crippen molar-refractivity contribution in [1.29, 1.82) is 0 Å². The van der Waals surface area contributed by atoms with Gasteiger partial charge in [-0.2, -0.15) is 0 Å². The molecule has 5 rings (SSSR count). The van der Waals surface area contributed by atoms with Crippen LogP contribution in [0, 0.1) is 6.92 Å². The van der Waals surface area contributed by atoms with Crippen molar-refractivity contribution in [2.24, 2.45) is 0 Å². The zero-order valence-corrected chi connectivity index (χ0v) is 21.4. The highest BCUT2D eigenvalue weighted by atomic mass is 35.5. The Morgan fingerprint density at radius 2 is 1.97 bits per heavy atom. The highest BCUT2D eigenvalue weighted by Crippen LogP contribution is 2.30. The van der Waals surface area contributed by atoms with Gasteiger partial charge in [0.05, 0.1) is 29.4 Å². The van der Waals surface area contributed by atoms with E-state index in [1.807, 2.05) is 13.0 Å². The molecule has 4 aromatic rings. The highest BCUT2D eigenvalue weighted by molar-refractivity contribution is 6.30. The van der Waals surface area contributed by atoms with Crippen LogP contribution in [-0.2, 0) is 0 Å². The van der Waals surface area contributed by atoms with Gasteiger partial charge in [0.1, 0.15) is 11.4 Å². The Hall–Kier alpha value is -3.37. The molecule has 1 aliphatic rings. The van der Waals surface area contributed by atoms with Gasteiger partial charge in [0.15, 0.2) is 0 Å².